The Morgan fingerprint density at radius 1 is 1.10 bits per heavy atom. The summed E-state index contributed by atoms with van der Waals surface area (Å²) in [6, 6.07) is 17.3. The van der Waals surface area contributed by atoms with Gasteiger partial charge < -0.3 is 4.90 Å². The van der Waals surface area contributed by atoms with Gasteiger partial charge in [-0.15, -0.1) is 0 Å². The van der Waals surface area contributed by atoms with E-state index in [0.717, 1.165) is 31.6 Å². The van der Waals surface area contributed by atoms with Gasteiger partial charge in [-0.2, -0.15) is 5.26 Å². The molecule has 0 unspecified atom stereocenters. The lowest BCUT2D eigenvalue weighted by molar-refractivity contribution is 0.290. The highest BCUT2D eigenvalue weighted by molar-refractivity contribution is 7.98. The molecule has 0 amide bonds. The third-order valence-electron chi connectivity index (χ3n) is 5.07. The summed E-state index contributed by atoms with van der Waals surface area (Å²) in [6.45, 7) is 7.91. The standard InChI is InChI=1S/C23H26N4OS/c1-3-26(4-2)14-9-15-27-22(28)20-12-7-8-13-21(20)25-23(27)29-17-19-11-6-5-10-18(19)16-24/h5-8,10-13H,3-4,9,14-15,17H2,1-2H3. The van der Waals surface area contributed by atoms with Crippen LogP contribution in [0.15, 0.2) is 58.5 Å². The zero-order valence-electron chi connectivity index (χ0n) is 17.0. The summed E-state index contributed by atoms with van der Waals surface area (Å²) in [5.74, 6) is 0.602. The van der Waals surface area contributed by atoms with Crippen molar-refractivity contribution < 1.29 is 0 Å². The second-order valence-electron chi connectivity index (χ2n) is 6.81. The Morgan fingerprint density at radius 2 is 1.83 bits per heavy atom. The maximum atomic E-state index is 13.1. The average molecular weight is 407 g/mol. The van der Waals surface area contributed by atoms with E-state index < -0.39 is 0 Å². The number of nitriles is 1. The van der Waals surface area contributed by atoms with Crippen molar-refractivity contribution in [1.29, 1.82) is 5.26 Å². The fourth-order valence-corrected chi connectivity index (χ4v) is 4.37. The Balaban J connectivity index is 1.89. The summed E-state index contributed by atoms with van der Waals surface area (Å²) in [7, 11) is 0. The van der Waals surface area contributed by atoms with E-state index in [-0.39, 0.29) is 5.56 Å². The highest BCUT2D eigenvalue weighted by Crippen LogP contribution is 2.24. The van der Waals surface area contributed by atoms with Crippen LogP contribution in [-0.2, 0) is 12.3 Å². The van der Waals surface area contributed by atoms with Gasteiger partial charge in [0.05, 0.1) is 22.5 Å². The Labute approximate surface area is 176 Å². The summed E-state index contributed by atoms with van der Waals surface area (Å²) in [4.78, 5) is 20.3. The monoisotopic (exact) mass is 406 g/mol. The zero-order valence-corrected chi connectivity index (χ0v) is 17.8. The largest absolute Gasteiger partial charge is 0.304 e. The van der Waals surface area contributed by atoms with Gasteiger partial charge in [-0.3, -0.25) is 9.36 Å². The maximum absolute atomic E-state index is 13.1. The molecule has 3 rings (SSSR count). The van der Waals surface area contributed by atoms with E-state index in [1.54, 1.807) is 4.57 Å². The van der Waals surface area contributed by atoms with Crippen LogP contribution in [-0.4, -0.2) is 34.1 Å². The molecule has 2 aromatic carbocycles. The van der Waals surface area contributed by atoms with E-state index in [9.17, 15) is 10.1 Å². The van der Waals surface area contributed by atoms with Gasteiger partial charge in [-0.1, -0.05) is 55.9 Å². The fraction of sp³-hybridized carbons (Fsp3) is 0.348. The lowest BCUT2D eigenvalue weighted by Gasteiger charge is -2.19. The van der Waals surface area contributed by atoms with Crippen LogP contribution in [0.4, 0.5) is 0 Å². The lowest BCUT2D eigenvalue weighted by Crippen LogP contribution is -2.28. The number of hydrogen-bond acceptors (Lipinski definition) is 5. The van der Waals surface area contributed by atoms with Crippen LogP contribution in [0.3, 0.4) is 0 Å². The molecule has 0 saturated heterocycles. The predicted molar refractivity (Wildman–Crippen MR) is 119 cm³/mol. The summed E-state index contributed by atoms with van der Waals surface area (Å²) in [5, 5.41) is 10.7. The molecule has 1 heterocycles. The van der Waals surface area contributed by atoms with Gasteiger partial charge in [0.1, 0.15) is 0 Å². The van der Waals surface area contributed by atoms with Crippen LogP contribution in [0.5, 0.6) is 0 Å². The number of benzene rings is 2. The van der Waals surface area contributed by atoms with Gasteiger partial charge >= 0.3 is 0 Å². The summed E-state index contributed by atoms with van der Waals surface area (Å²) >= 11 is 1.52. The Bertz CT molecular complexity index is 1070. The smallest absolute Gasteiger partial charge is 0.262 e. The highest BCUT2D eigenvalue weighted by Gasteiger charge is 2.13. The normalized spacial score (nSPS) is 11.1. The molecule has 0 aliphatic heterocycles. The second kappa shape index (κ2) is 10.2. The molecule has 3 aromatic rings. The first-order chi connectivity index (χ1) is 14.2. The summed E-state index contributed by atoms with van der Waals surface area (Å²) in [5.41, 5.74) is 2.34. The number of fused-ring (bicyclic) bond motifs is 1. The predicted octanol–water partition coefficient (Wildman–Crippen LogP) is 4.29. The number of aromatic nitrogens is 2. The van der Waals surface area contributed by atoms with E-state index in [2.05, 4.69) is 24.8 Å². The van der Waals surface area contributed by atoms with Crippen molar-refractivity contribution in [3.8, 4) is 6.07 Å². The molecule has 0 fully saturated rings. The first-order valence-electron chi connectivity index (χ1n) is 10.0. The molecule has 0 N–H and O–H groups in total. The van der Waals surface area contributed by atoms with Crippen LogP contribution in [0, 0.1) is 11.3 Å². The van der Waals surface area contributed by atoms with Crippen molar-refractivity contribution in [1.82, 2.24) is 14.5 Å². The van der Waals surface area contributed by atoms with Crippen molar-refractivity contribution in [2.45, 2.75) is 37.7 Å². The molecule has 0 bridgehead atoms. The molecular formula is C23H26N4OS. The quantitative estimate of drug-likeness (QED) is 0.392. The van der Waals surface area contributed by atoms with Crippen LogP contribution in [0.2, 0.25) is 0 Å². The Kier molecular flexibility index (Phi) is 7.45. The molecule has 29 heavy (non-hydrogen) atoms. The molecule has 0 radical (unpaired) electrons. The first kappa shape index (κ1) is 21.1. The SMILES string of the molecule is CCN(CC)CCCn1c(SCc2ccccc2C#N)nc2ccccc2c1=O. The number of thioether (sulfide) groups is 1. The number of para-hydroxylation sites is 1. The van der Waals surface area contributed by atoms with E-state index >= 15 is 0 Å². The van der Waals surface area contributed by atoms with E-state index in [1.165, 1.54) is 11.8 Å². The van der Waals surface area contributed by atoms with Gasteiger partial charge in [0.25, 0.3) is 5.56 Å². The molecule has 6 heteroatoms. The molecule has 150 valence electrons. The molecule has 0 aliphatic rings. The van der Waals surface area contributed by atoms with Gasteiger partial charge in [0, 0.05) is 12.3 Å². The fourth-order valence-electron chi connectivity index (χ4n) is 3.34. The highest BCUT2D eigenvalue weighted by atomic mass is 32.2. The van der Waals surface area contributed by atoms with Crippen molar-refractivity contribution in [3.63, 3.8) is 0 Å². The van der Waals surface area contributed by atoms with E-state index in [0.29, 0.717) is 33.9 Å². The lowest BCUT2D eigenvalue weighted by atomic mass is 10.1. The molecule has 1 aromatic heterocycles. The Hall–Kier alpha value is -2.62. The van der Waals surface area contributed by atoms with Crippen molar-refractivity contribution in [2.75, 3.05) is 19.6 Å². The van der Waals surface area contributed by atoms with Crippen molar-refractivity contribution in [2.24, 2.45) is 0 Å². The van der Waals surface area contributed by atoms with E-state index in [4.69, 9.17) is 4.98 Å². The minimum atomic E-state index is 0.00575. The maximum Gasteiger partial charge on any atom is 0.262 e. The molecule has 0 atom stereocenters. The molecule has 0 aliphatic carbocycles. The molecule has 0 saturated carbocycles. The van der Waals surface area contributed by atoms with E-state index in [1.807, 2.05) is 48.5 Å². The van der Waals surface area contributed by atoms with Crippen LogP contribution in [0.25, 0.3) is 10.9 Å². The van der Waals surface area contributed by atoms with Crippen LogP contribution >= 0.6 is 11.8 Å². The van der Waals surface area contributed by atoms with Crippen LogP contribution in [0.1, 0.15) is 31.4 Å². The van der Waals surface area contributed by atoms with Gasteiger partial charge in [0.2, 0.25) is 0 Å². The number of hydrogen-bond donors (Lipinski definition) is 0. The number of rotatable bonds is 9. The minimum Gasteiger partial charge on any atom is -0.304 e. The third kappa shape index (κ3) is 5.06. The topological polar surface area (TPSA) is 61.9 Å². The second-order valence-corrected chi connectivity index (χ2v) is 7.75. The van der Waals surface area contributed by atoms with Gasteiger partial charge in [-0.05, 0) is 49.8 Å². The first-order valence-corrected chi connectivity index (χ1v) is 11.0. The summed E-state index contributed by atoms with van der Waals surface area (Å²) in [6.07, 6.45) is 0.893. The van der Waals surface area contributed by atoms with Gasteiger partial charge in [0.15, 0.2) is 5.16 Å². The zero-order chi connectivity index (χ0) is 20.6. The molecular weight excluding hydrogens is 380 g/mol. The Morgan fingerprint density at radius 3 is 2.59 bits per heavy atom. The number of nitrogens with zero attached hydrogens (tertiary/aromatic N) is 4. The molecule has 0 spiro atoms. The van der Waals surface area contributed by atoms with Gasteiger partial charge in [-0.25, -0.2) is 4.98 Å². The minimum absolute atomic E-state index is 0.00575. The van der Waals surface area contributed by atoms with Crippen molar-refractivity contribution in [3.05, 3.63) is 70.0 Å². The summed E-state index contributed by atoms with van der Waals surface area (Å²) < 4.78 is 1.80. The van der Waals surface area contributed by atoms with Crippen molar-refractivity contribution >= 4 is 22.7 Å². The average Bonchev–Trinajstić information content (AvgIpc) is 2.77. The molecule has 5 nitrogen and oxygen atoms in total. The van der Waals surface area contributed by atoms with Crippen LogP contribution < -0.4 is 5.56 Å². The third-order valence-corrected chi connectivity index (χ3v) is 6.10.